The predicted molar refractivity (Wildman–Crippen MR) is 70.1 cm³/mol. The highest BCUT2D eigenvalue weighted by molar-refractivity contribution is 5.92. The van der Waals surface area contributed by atoms with Crippen LogP contribution in [0.1, 0.15) is 6.42 Å². The Morgan fingerprint density at radius 1 is 1.48 bits per heavy atom. The average molecular weight is 295 g/mol. The number of carbonyl (C=O) groups excluding carboxylic acids is 1. The Kier molecular flexibility index (Phi) is 5.19. The van der Waals surface area contributed by atoms with Gasteiger partial charge in [0.15, 0.2) is 0 Å². The Bertz CT molecular complexity index is 626. The molecule has 8 nitrogen and oxygen atoms in total. The van der Waals surface area contributed by atoms with Gasteiger partial charge in [0.1, 0.15) is 11.9 Å². The van der Waals surface area contributed by atoms with Gasteiger partial charge in [0.2, 0.25) is 0 Å². The number of carboxylic acid groups (broad SMARTS) is 1. The summed E-state index contributed by atoms with van der Waals surface area (Å²) in [6.07, 6.45) is 4.71. The molecule has 1 atom stereocenters. The Balaban J connectivity index is 2.81. The van der Waals surface area contributed by atoms with Crippen LogP contribution in [-0.4, -0.2) is 28.1 Å². The number of non-ortho nitro benzene ring substituents is 1. The number of rotatable bonds is 5. The van der Waals surface area contributed by atoms with Crippen molar-refractivity contribution in [3.63, 3.8) is 0 Å². The van der Waals surface area contributed by atoms with Crippen molar-refractivity contribution in [3.05, 3.63) is 34.1 Å². The molecule has 1 unspecified atom stereocenters. The lowest BCUT2D eigenvalue weighted by Gasteiger charge is -2.12. The number of halogens is 1. The largest absolute Gasteiger partial charge is 0.480 e. The standard InChI is InChI=1S/C12H10FN3O5/c1-2-3-10(11(17)18)15-12(19)14-8-4-7(13)5-9(6-8)16(20)21/h1,4-6,10H,3H2,(H,17,18)(H2,14,15,19). The van der Waals surface area contributed by atoms with Crippen molar-refractivity contribution in [1.82, 2.24) is 5.32 Å². The number of carboxylic acids is 1. The molecule has 0 bridgehead atoms. The molecule has 0 aromatic heterocycles. The van der Waals surface area contributed by atoms with E-state index in [4.69, 9.17) is 11.5 Å². The first-order valence-corrected chi connectivity index (χ1v) is 5.52. The molecular weight excluding hydrogens is 285 g/mol. The van der Waals surface area contributed by atoms with Crippen molar-refractivity contribution < 1.29 is 24.0 Å². The molecule has 9 heteroatoms. The van der Waals surface area contributed by atoms with E-state index >= 15 is 0 Å². The van der Waals surface area contributed by atoms with Crippen LogP contribution in [0.2, 0.25) is 0 Å². The van der Waals surface area contributed by atoms with E-state index in [1.807, 2.05) is 5.32 Å². The maximum Gasteiger partial charge on any atom is 0.327 e. The molecule has 3 N–H and O–H groups in total. The van der Waals surface area contributed by atoms with Crippen LogP contribution in [0.25, 0.3) is 0 Å². The summed E-state index contributed by atoms with van der Waals surface area (Å²) >= 11 is 0. The van der Waals surface area contributed by atoms with Crippen LogP contribution >= 0.6 is 0 Å². The summed E-state index contributed by atoms with van der Waals surface area (Å²) < 4.78 is 13.2. The van der Waals surface area contributed by atoms with Crippen LogP contribution in [0.5, 0.6) is 0 Å². The lowest BCUT2D eigenvalue weighted by Crippen LogP contribution is -2.42. The summed E-state index contributed by atoms with van der Waals surface area (Å²) in [7, 11) is 0. The second-order valence-corrected chi connectivity index (χ2v) is 3.85. The number of nitrogens with zero attached hydrogens (tertiary/aromatic N) is 1. The predicted octanol–water partition coefficient (Wildman–Crippen LogP) is 1.33. The number of urea groups is 1. The number of nitro groups is 1. The molecule has 110 valence electrons. The summed E-state index contributed by atoms with van der Waals surface area (Å²) in [4.78, 5) is 32.1. The molecule has 0 aliphatic rings. The number of amides is 2. The number of terminal acetylenes is 1. The quantitative estimate of drug-likeness (QED) is 0.430. The number of carbonyl (C=O) groups is 2. The van der Waals surface area contributed by atoms with Gasteiger partial charge >= 0.3 is 12.0 Å². The topological polar surface area (TPSA) is 122 Å². The number of aliphatic carboxylic acids is 1. The van der Waals surface area contributed by atoms with Gasteiger partial charge < -0.3 is 15.7 Å². The van der Waals surface area contributed by atoms with Crippen molar-refractivity contribution in [3.8, 4) is 12.3 Å². The Morgan fingerprint density at radius 2 is 2.14 bits per heavy atom. The molecule has 1 aromatic carbocycles. The fourth-order valence-electron chi connectivity index (χ4n) is 1.40. The summed E-state index contributed by atoms with van der Waals surface area (Å²) in [6.45, 7) is 0. The molecule has 1 aromatic rings. The van der Waals surface area contributed by atoms with E-state index in [9.17, 15) is 24.1 Å². The van der Waals surface area contributed by atoms with Crippen molar-refractivity contribution >= 4 is 23.4 Å². The Hall–Kier alpha value is -3.15. The molecule has 0 fully saturated rings. The van der Waals surface area contributed by atoms with Crippen LogP contribution in [0.15, 0.2) is 18.2 Å². The Morgan fingerprint density at radius 3 is 2.67 bits per heavy atom. The van der Waals surface area contributed by atoms with Gasteiger partial charge in [-0.05, 0) is 6.07 Å². The third-order valence-corrected chi connectivity index (χ3v) is 2.28. The van der Waals surface area contributed by atoms with Gasteiger partial charge in [0, 0.05) is 12.5 Å². The number of nitrogens with one attached hydrogen (secondary N) is 2. The Labute approximate surface area is 118 Å². The van der Waals surface area contributed by atoms with Crippen LogP contribution in [-0.2, 0) is 4.79 Å². The first kappa shape index (κ1) is 15.9. The molecule has 0 saturated carbocycles. The van der Waals surface area contributed by atoms with Crippen LogP contribution in [0.4, 0.5) is 20.6 Å². The highest BCUT2D eigenvalue weighted by Gasteiger charge is 2.19. The van der Waals surface area contributed by atoms with Gasteiger partial charge in [-0.1, -0.05) is 0 Å². The molecule has 0 radical (unpaired) electrons. The zero-order valence-corrected chi connectivity index (χ0v) is 10.5. The summed E-state index contributed by atoms with van der Waals surface area (Å²) in [5, 5.41) is 23.5. The van der Waals surface area contributed by atoms with E-state index in [2.05, 4.69) is 11.2 Å². The highest BCUT2D eigenvalue weighted by Crippen LogP contribution is 2.19. The summed E-state index contributed by atoms with van der Waals surface area (Å²) in [6, 6.07) is 0.168. The second kappa shape index (κ2) is 6.85. The first-order chi connectivity index (χ1) is 9.83. The van der Waals surface area contributed by atoms with Crippen LogP contribution in [0, 0.1) is 28.3 Å². The zero-order chi connectivity index (χ0) is 16.0. The molecule has 0 heterocycles. The smallest absolute Gasteiger partial charge is 0.327 e. The minimum Gasteiger partial charge on any atom is -0.480 e. The number of hydrogen-bond donors (Lipinski definition) is 3. The van der Waals surface area contributed by atoms with E-state index in [1.165, 1.54) is 0 Å². The third-order valence-electron chi connectivity index (χ3n) is 2.28. The van der Waals surface area contributed by atoms with Gasteiger partial charge in [0.25, 0.3) is 5.69 Å². The van der Waals surface area contributed by atoms with E-state index in [1.54, 1.807) is 0 Å². The highest BCUT2D eigenvalue weighted by atomic mass is 19.1. The van der Waals surface area contributed by atoms with Crippen molar-refractivity contribution in [2.24, 2.45) is 0 Å². The number of anilines is 1. The maximum atomic E-state index is 13.2. The molecular formula is C12H10FN3O5. The minimum atomic E-state index is -1.34. The maximum absolute atomic E-state index is 13.2. The second-order valence-electron chi connectivity index (χ2n) is 3.85. The molecule has 2 amide bonds. The van der Waals surface area contributed by atoms with E-state index in [-0.39, 0.29) is 12.1 Å². The third kappa shape index (κ3) is 4.79. The van der Waals surface area contributed by atoms with Crippen molar-refractivity contribution in [2.75, 3.05) is 5.32 Å². The van der Waals surface area contributed by atoms with E-state index in [0.29, 0.717) is 6.07 Å². The normalized spacial score (nSPS) is 11.0. The molecule has 0 saturated heterocycles. The van der Waals surface area contributed by atoms with Gasteiger partial charge in [0.05, 0.1) is 16.7 Å². The monoisotopic (exact) mass is 295 g/mol. The SMILES string of the molecule is C#CCC(NC(=O)Nc1cc(F)cc([N+](=O)[O-])c1)C(=O)O. The zero-order valence-electron chi connectivity index (χ0n) is 10.5. The average Bonchev–Trinajstić information content (AvgIpc) is 2.37. The number of nitro benzene ring substituents is 1. The van der Waals surface area contributed by atoms with Crippen LogP contribution in [0.3, 0.4) is 0 Å². The van der Waals surface area contributed by atoms with Crippen LogP contribution < -0.4 is 10.6 Å². The minimum absolute atomic E-state index is 0.191. The fourth-order valence-corrected chi connectivity index (χ4v) is 1.40. The lowest BCUT2D eigenvalue weighted by molar-refractivity contribution is -0.385. The van der Waals surface area contributed by atoms with E-state index < -0.39 is 34.5 Å². The first-order valence-electron chi connectivity index (χ1n) is 5.52. The number of benzene rings is 1. The van der Waals surface area contributed by atoms with E-state index in [0.717, 1.165) is 12.1 Å². The lowest BCUT2D eigenvalue weighted by atomic mass is 10.2. The van der Waals surface area contributed by atoms with Gasteiger partial charge in [-0.15, -0.1) is 12.3 Å². The van der Waals surface area contributed by atoms with Gasteiger partial charge in [-0.2, -0.15) is 0 Å². The molecule has 0 aliphatic heterocycles. The van der Waals surface area contributed by atoms with Gasteiger partial charge in [-0.25, -0.2) is 14.0 Å². The summed E-state index contributed by atoms with van der Waals surface area (Å²) in [5.41, 5.74) is -0.743. The molecule has 21 heavy (non-hydrogen) atoms. The molecule has 0 spiro atoms. The van der Waals surface area contributed by atoms with Crippen molar-refractivity contribution in [1.29, 1.82) is 0 Å². The van der Waals surface area contributed by atoms with Crippen molar-refractivity contribution in [2.45, 2.75) is 12.5 Å². The number of hydrogen-bond acceptors (Lipinski definition) is 4. The fraction of sp³-hybridized carbons (Fsp3) is 0.167. The van der Waals surface area contributed by atoms with Gasteiger partial charge in [-0.3, -0.25) is 10.1 Å². The summed E-state index contributed by atoms with van der Waals surface area (Å²) in [5.74, 6) is -0.179. The molecule has 0 aliphatic carbocycles. The molecule has 1 rings (SSSR count).